The highest BCUT2D eigenvalue weighted by Gasteiger charge is 2.09. The number of fused-ring (bicyclic) bond motifs is 1. The van der Waals surface area contributed by atoms with Crippen molar-refractivity contribution in [3.05, 3.63) is 48.2 Å². The summed E-state index contributed by atoms with van der Waals surface area (Å²) in [5, 5.41) is 0. The molecule has 1 aromatic carbocycles. The molecular weight excluding hydrogens is 252 g/mol. The third-order valence-corrected chi connectivity index (χ3v) is 3.22. The quantitative estimate of drug-likeness (QED) is 0.556. The Bertz CT molecular complexity index is 716. The minimum atomic E-state index is 0.556. The molecule has 0 spiro atoms. The van der Waals surface area contributed by atoms with Gasteiger partial charge in [0, 0.05) is 6.42 Å². The topological polar surface area (TPSA) is 81.7 Å². The van der Waals surface area contributed by atoms with Crippen LogP contribution in [-0.4, -0.2) is 19.5 Å². The van der Waals surface area contributed by atoms with Crippen molar-refractivity contribution < 1.29 is 0 Å². The van der Waals surface area contributed by atoms with Crippen LogP contribution in [-0.2, 0) is 13.0 Å². The van der Waals surface area contributed by atoms with Gasteiger partial charge in [0.25, 0.3) is 0 Å². The lowest BCUT2D eigenvalue weighted by atomic mass is 10.3. The second-order valence-electron chi connectivity index (χ2n) is 4.49. The summed E-state index contributed by atoms with van der Waals surface area (Å²) in [5.74, 6) is 6.89. The number of aromatic nitrogens is 4. The molecule has 3 aromatic rings. The van der Waals surface area contributed by atoms with E-state index in [1.54, 1.807) is 12.4 Å². The maximum atomic E-state index is 5.29. The summed E-state index contributed by atoms with van der Waals surface area (Å²) in [4.78, 5) is 13.2. The SMILES string of the molecule is CCc1nc2ccccc2n1Cc1cnc(NN)cn1. The van der Waals surface area contributed by atoms with Crippen LogP contribution in [0.25, 0.3) is 11.0 Å². The number of para-hydroxylation sites is 2. The number of benzene rings is 1. The van der Waals surface area contributed by atoms with Crippen molar-refractivity contribution in [2.75, 3.05) is 5.43 Å². The lowest BCUT2D eigenvalue weighted by Crippen LogP contribution is -2.10. The number of aryl methyl sites for hydroxylation is 1. The highest BCUT2D eigenvalue weighted by Crippen LogP contribution is 2.17. The van der Waals surface area contributed by atoms with E-state index >= 15 is 0 Å². The highest BCUT2D eigenvalue weighted by molar-refractivity contribution is 5.76. The van der Waals surface area contributed by atoms with Crippen LogP contribution < -0.4 is 11.3 Å². The van der Waals surface area contributed by atoms with E-state index in [0.717, 1.165) is 29.0 Å². The Balaban J connectivity index is 2.00. The monoisotopic (exact) mass is 268 g/mol. The standard InChI is InChI=1S/C14H16N6/c1-2-14-18-11-5-3-4-6-12(11)20(14)9-10-7-17-13(19-15)8-16-10/h3-8H,2,9,15H2,1H3,(H,17,19). The van der Waals surface area contributed by atoms with Crippen molar-refractivity contribution in [3.63, 3.8) is 0 Å². The van der Waals surface area contributed by atoms with Gasteiger partial charge in [-0.25, -0.2) is 15.8 Å². The van der Waals surface area contributed by atoms with Gasteiger partial charge in [-0.2, -0.15) is 0 Å². The number of hydrogen-bond donors (Lipinski definition) is 2. The molecule has 102 valence electrons. The molecule has 2 heterocycles. The van der Waals surface area contributed by atoms with Crippen LogP contribution in [0, 0.1) is 0 Å². The van der Waals surface area contributed by atoms with Crippen LogP contribution in [0.15, 0.2) is 36.7 Å². The zero-order valence-corrected chi connectivity index (χ0v) is 11.2. The maximum absolute atomic E-state index is 5.29. The molecule has 0 aliphatic carbocycles. The van der Waals surface area contributed by atoms with E-state index in [1.165, 1.54) is 0 Å². The Morgan fingerprint density at radius 2 is 2.05 bits per heavy atom. The fourth-order valence-corrected chi connectivity index (χ4v) is 2.24. The van der Waals surface area contributed by atoms with E-state index in [2.05, 4.69) is 37.9 Å². The highest BCUT2D eigenvalue weighted by atomic mass is 15.3. The first-order chi connectivity index (χ1) is 9.81. The molecule has 0 atom stereocenters. The van der Waals surface area contributed by atoms with Crippen LogP contribution in [0.5, 0.6) is 0 Å². The van der Waals surface area contributed by atoms with E-state index in [-0.39, 0.29) is 0 Å². The number of imidazole rings is 1. The van der Waals surface area contributed by atoms with Crippen LogP contribution in [0.4, 0.5) is 5.82 Å². The Kier molecular flexibility index (Phi) is 3.30. The average molecular weight is 268 g/mol. The number of nitrogens with zero attached hydrogens (tertiary/aromatic N) is 4. The first-order valence-electron chi connectivity index (χ1n) is 6.53. The van der Waals surface area contributed by atoms with Crippen LogP contribution in [0.2, 0.25) is 0 Å². The second-order valence-corrected chi connectivity index (χ2v) is 4.49. The van der Waals surface area contributed by atoms with E-state index in [0.29, 0.717) is 12.4 Å². The smallest absolute Gasteiger partial charge is 0.158 e. The summed E-state index contributed by atoms with van der Waals surface area (Å²) in [6.45, 7) is 2.76. The number of nitrogens with two attached hydrogens (primary N) is 1. The Hall–Kier alpha value is -2.47. The Morgan fingerprint density at radius 1 is 1.20 bits per heavy atom. The number of nitrogens with one attached hydrogen (secondary N) is 1. The molecule has 6 nitrogen and oxygen atoms in total. The van der Waals surface area contributed by atoms with Crippen LogP contribution in [0.3, 0.4) is 0 Å². The van der Waals surface area contributed by atoms with Gasteiger partial charge in [-0.15, -0.1) is 0 Å². The zero-order chi connectivity index (χ0) is 13.9. The lowest BCUT2D eigenvalue weighted by Gasteiger charge is -2.08. The van der Waals surface area contributed by atoms with Crippen LogP contribution in [0.1, 0.15) is 18.4 Å². The third kappa shape index (κ3) is 2.21. The number of hydrogen-bond acceptors (Lipinski definition) is 5. The minimum Gasteiger partial charge on any atom is -0.322 e. The van der Waals surface area contributed by atoms with Gasteiger partial charge in [0.15, 0.2) is 5.82 Å². The van der Waals surface area contributed by atoms with E-state index in [1.807, 2.05) is 18.2 Å². The van der Waals surface area contributed by atoms with Gasteiger partial charge in [-0.1, -0.05) is 19.1 Å². The van der Waals surface area contributed by atoms with Gasteiger partial charge < -0.3 is 9.99 Å². The largest absolute Gasteiger partial charge is 0.322 e. The van der Waals surface area contributed by atoms with Crippen molar-refractivity contribution in [1.82, 2.24) is 19.5 Å². The van der Waals surface area contributed by atoms with Gasteiger partial charge in [0.05, 0.1) is 35.7 Å². The molecule has 20 heavy (non-hydrogen) atoms. The van der Waals surface area contributed by atoms with Gasteiger partial charge in [-0.3, -0.25) is 4.98 Å². The van der Waals surface area contributed by atoms with Crippen molar-refractivity contribution in [3.8, 4) is 0 Å². The molecule has 3 N–H and O–H groups in total. The van der Waals surface area contributed by atoms with Crippen molar-refractivity contribution in [2.24, 2.45) is 5.84 Å². The number of rotatable bonds is 4. The summed E-state index contributed by atoms with van der Waals surface area (Å²) < 4.78 is 2.18. The third-order valence-electron chi connectivity index (χ3n) is 3.22. The summed E-state index contributed by atoms with van der Waals surface area (Å²) in [7, 11) is 0. The minimum absolute atomic E-state index is 0.556. The first kappa shape index (κ1) is 12.6. The molecule has 0 radical (unpaired) electrons. The number of hydrazine groups is 1. The predicted molar refractivity (Wildman–Crippen MR) is 78.1 cm³/mol. The molecule has 0 saturated carbocycles. The molecule has 0 aliphatic heterocycles. The molecule has 6 heteroatoms. The van der Waals surface area contributed by atoms with Gasteiger partial charge in [0.2, 0.25) is 0 Å². The fraction of sp³-hybridized carbons (Fsp3) is 0.214. The Labute approximate surface area is 116 Å². The molecule has 0 unspecified atom stereocenters. The van der Waals surface area contributed by atoms with Gasteiger partial charge >= 0.3 is 0 Å². The van der Waals surface area contributed by atoms with Gasteiger partial charge in [0.1, 0.15) is 5.82 Å². The summed E-state index contributed by atoms with van der Waals surface area (Å²) in [5.41, 5.74) is 5.48. The molecule has 0 aliphatic rings. The van der Waals surface area contributed by atoms with Gasteiger partial charge in [-0.05, 0) is 12.1 Å². The summed E-state index contributed by atoms with van der Waals surface area (Å²) >= 11 is 0. The molecule has 0 fully saturated rings. The van der Waals surface area contributed by atoms with Crippen molar-refractivity contribution in [2.45, 2.75) is 19.9 Å². The van der Waals surface area contributed by atoms with E-state index < -0.39 is 0 Å². The average Bonchev–Trinajstić information content (AvgIpc) is 2.86. The molecule has 3 rings (SSSR count). The molecule has 0 saturated heterocycles. The van der Waals surface area contributed by atoms with Crippen LogP contribution >= 0.6 is 0 Å². The molecular formula is C14H16N6. The molecule has 0 bridgehead atoms. The summed E-state index contributed by atoms with van der Waals surface area (Å²) in [6.07, 6.45) is 4.23. The van der Waals surface area contributed by atoms with Crippen molar-refractivity contribution in [1.29, 1.82) is 0 Å². The van der Waals surface area contributed by atoms with Crippen molar-refractivity contribution >= 4 is 16.9 Å². The Morgan fingerprint density at radius 3 is 2.75 bits per heavy atom. The number of anilines is 1. The maximum Gasteiger partial charge on any atom is 0.158 e. The lowest BCUT2D eigenvalue weighted by molar-refractivity contribution is 0.732. The predicted octanol–water partition coefficient (Wildman–Crippen LogP) is 1.72. The number of nitrogen functional groups attached to an aromatic ring is 1. The first-order valence-corrected chi connectivity index (χ1v) is 6.53. The molecule has 2 aromatic heterocycles. The summed E-state index contributed by atoms with van der Waals surface area (Å²) in [6, 6.07) is 8.12. The van der Waals surface area contributed by atoms with E-state index in [4.69, 9.17) is 5.84 Å². The molecule has 0 amide bonds. The van der Waals surface area contributed by atoms with E-state index in [9.17, 15) is 0 Å². The zero-order valence-electron chi connectivity index (χ0n) is 11.2. The normalized spacial score (nSPS) is 10.9. The fourth-order valence-electron chi connectivity index (χ4n) is 2.24. The second kappa shape index (κ2) is 5.26.